The number of benzene rings is 2. The highest BCUT2D eigenvalue weighted by atomic mass is 16.2. The molecule has 1 amide bonds. The first-order chi connectivity index (χ1) is 12.7. The number of hydrogen-bond acceptors (Lipinski definition) is 3. The number of fused-ring (bicyclic) bond motifs is 1. The Morgan fingerprint density at radius 2 is 1.92 bits per heavy atom. The number of hydrogen-bond donors (Lipinski definition) is 1. The average Bonchev–Trinajstić information content (AvgIpc) is 3.24. The Bertz CT molecular complexity index is 1060. The molecule has 0 bridgehead atoms. The number of rotatable bonds is 5. The summed E-state index contributed by atoms with van der Waals surface area (Å²) in [6.45, 7) is 2.76. The van der Waals surface area contributed by atoms with E-state index in [1.165, 1.54) is 16.3 Å². The molecule has 0 aliphatic rings. The molecule has 0 atom stereocenters. The highest BCUT2D eigenvalue weighted by Crippen LogP contribution is 2.19. The van der Waals surface area contributed by atoms with Gasteiger partial charge in [-0.1, -0.05) is 42.5 Å². The number of aryl methyl sites for hydroxylation is 1. The van der Waals surface area contributed by atoms with E-state index < -0.39 is 0 Å². The van der Waals surface area contributed by atoms with Gasteiger partial charge in [-0.2, -0.15) is 10.2 Å². The van der Waals surface area contributed by atoms with Gasteiger partial charge in [0.05, 0.1) is 18.4 Å². The molecular weight excluding hydrogens is 326 g/mol. The van der Waals surface area contributed by atoms with Crippen molar-refractivity contribution < 1.29 is 4.79 Å². The normalized spacial score (nSPS) is 11.0. The predicted molar refractivity (Wildman–Crippen MR) is 101 cm³/mol. The van der Waals surface area contributed by atoms with Crippen molar-refractivity contribution in [1.82, 2.24) is 19.6 Å². The fraction of sp³-hybridized carbons (Fsp3) is 0.150. The number of aromatic nitrogens is 4. The lowest BCUT2D eigenvalue weighted by Gasteiger charge is -2.07. The largest absolute Gasteiger partial charge is 0.322 e. The van der Waals surface area contributed by atoms with Crippen molar-refractivity contribution in [2.24, 2.45) is 0 Å². The monoisotopic (exact) mass is 345 g/mol. The second-order valence-corrected chi connectivity index (χ2v) is 6.24. The third-order valence-corrected chi connectivity index (χ3v) is 4.35. The Hall–Kier alpha value is -3.41. The summed E-state index contributed by atoms with van der Waals surface area (Å²) < 4.78 is 3.49. The van der Waals surface area contributed by atoms with E-state index in [-0.39, 0.29) is 12.5 Å². The molecule has 0 saturated heterocycles. The van der Waals surface area contributed by atoms with Gasteiger partial charge in [-0.15, -0.1) is 0 Å². The average molecular weight is 345 g/mol. The Morgan fingerprint density at radius 1 is 1.08 bits per heavy atom. The number of carbonyl (C=O) groups excluding carboxylic acids is 1. The van der Waals surface area contributed by atoms with Gasteiger partial charge in [-0.05, 0) is 29.3 Å². The molecule has 1 N–H and O–H groups in total. The van der Waals surface area contributed by atoms with Crippen LogP contribution in [0.3, 0.4) is 0 Å². The van der Waals surface area contributed by atoms with Crippen LogP contribution < -0.4 is 5.32 Å². The van der Waals surface area contributed by atoms with Gasteiger partial charge in [-0.3, -0.25) is 14.2 Å². The smallest absolute Gasteiger partial charge is 0.246 e. The summed E-state index contributed by atoms with van der Waals surface area (Å²) in [5.74, 6) is -0.124. The molecule has 6 heteroatoms. The lowest BCUT2D eigenvalue weighted by Crippen LogP contribution is -2.19. The highest BCUT2D eigenvalue weighted by molar-refractivity contribution is 5.90. The SMILES string of the molecule is Cc1ccnn1CC(=O)Nc1cnn(Cc2cccc3ccccc23)c1. The fourth-order valence-electron chi connectivity index (χ4n) is 3.02. The van der Waals surface area contributed by atoms with Crippen LogP contribution in [0.5, 0.6) is 0 Å². The third-order valence-electron chi connectivity index (χ3n) is 4.35. The lowest BCUT2D eigenvalue weighted by molar-refractivity contribution is -0.116. The first-order valence-electron chi connectivity index (χ1n) is 8.46. The summed E-state index contributed by atoms with van der Waals surface area (Å²) in [6.07, 6.45) is 5.19. The summed E-state index contributed by atoms with van der Waals surface area (Å²) in [5.41, 5.74) is 2.82. The molecule has 26 heavy (non-hydrogen) atoms. The minimum Gasteiger partial charge on any atom is -0.322 e. The van der Waals surface area contributed by atoms with Crippen LogP contribution in [0.2, 0.25) is 0 Å². The molecular formula is C20H19N5O. The standard InChI is InChI=1S/C20H19N5O/c1-15-9-10-21-25(15)14-20(26)23-18-11-22-24(13-18)12-17-7-4-6-16-5-2-3-8-19(16)17/h2-11,13H,12,14H2,1H3,(H,23,26). The molecule has 130 valence electrons. The van der Waals surface area contributed by atoms with Crippen molar-refractivity contribution in [2.75, 3.05) is 5.32 Å². The zero-order valence-electron chi connectivity index (χ0n) is 14.5. The van der Waals surface area contributed by atoms with Crippen LogP contribution in [0.25, 0.3) is 10.8 Å². The number of amides is 1. The van der Waals surface area contributed by atoms with Crippen molar-refractivity contribution in [3.63, 3.8) is 0 Å². The minimum absolute atomic E-state index is 0.124. The Balaban J connectivity index is 1.46. The van der Waals surface area contributed by atoms with E-state index in [9.17, 15) is 4.79 Å². The summed E-state index contributed by atoms with van der Waals surface area (Å²) in [5, 5.41) is 13.8. The van der Waals surface area contributed by atoms with Crippen molar-refractivity contribution in [1.29, 1.82) is 0 Å². The van der Waals surface area contributed by atoms with Crippen molar-refractivity contribution in [3.05, 3.63) is 78.4 Å². The van der Waals surface area contributed by atoms with E-state index in [2.05, 4.69) is 45.8 Å². The topological polar surface area (TPSA) is 64.7 Å². The molecule has 0 fully saturated rings. The third kappa shape index (κ3) is 3.35. The van der Waals surface area contributed by atoms with Crippen LogP contribution in [-0.4, -0.2) is 25.5 Å². The Morgan fingerprint density at radius 3 is 2.77 bits per heavy atom. The molecule has 2 heterocycles. The maximum absolute atomic E-state index is 12.2. The van der Waals surface area contributed by atoms with Crippen molar-refractivity contribution >= 4 is 22.4 Å². The van der Waals surface area contributed by atoms with Crippen molar-refractivity contribution in [2.45, 2.75) is 20.0 Å². The lowest BCUT2D eigenvalue weighted by atomic mass is 10.0. The maximum Gasteiger partial charge on any atom is 0.246 e. The van der Waals surface area contributed by atoms with Gasteiger partial charge in [-0.25, -0.2) is 0 Å². The van der Waals surface area contributed by atoms with E-state index >= 15 is 0 Å². The second-order valence-electron chi connectivity index (χ2n) is 6.24. The molecule has 2 aromatic carbocycles. The number of nitrogens with zero attached hydrogens (tertiary/aromatic N) is 4. The molecule has 2 aromatic heterocycles. The van der Waals surface area contributed by atoms with E-state index in [0.717, 1.165) is 5.69 Å². The summed E-state index contributed by atoms with van der Waals surface area (Å²) in [4.78, 5) is 12.2. The molecule has 4 rings (SSSR count). The summed E-state index contributed by atoms with van der Waals surface area (Å²) in [7, 11) is 0. The predicted octanol–water partition coefficient (Wildman–Crippen LogP) is 3.23. The molecule has 0 unspecified atom stereocenters. The highest BCUT2D eigenvalue weighted by Gasteiger charge is 2.08. The first kappa shape index (κ1) is 16.1. The van der Waals surface area contributed by atoms with Gasteiger partial charge in [0, 0.05) is 18.1 Å². The van der Waals surface area contributed by atoms with Crippen LogP contribution in [-0.2, 0) is 17.9 Å². The van der Waals surface area contributed by atoms with Gasteiger partial charge < -0.3 is 5.32 Å². The molecule has 4 aromatic rings. The first-order valence-corrected chi connectivity index (χ1v) is 8.46. The minimum atomic E-state index is -0.124. The molecule has 0 radical (unpaired) electrons. The quantitative estimate of drug-likeness (QED) is 0.604. The van der Waals surface area contributed by atoms with Crippen LogP contribution in [0.1, 0.15) is 11.3 Å². The molecule has 0 saturated carbocycles. The van der Waals surface area contributed by atoms with Crippen LogP contribution >= 0.6 is 0 Å². The van der Waals surface area contributed by atoms with E-state index in [0.29, 0.717) is 12.2 Å². The van der Waals surface area contributed by atoms with Crippen molar-refractivity contribution in [3.8, 4) is 0 Å². The van der Waals surface area contributed by atoms with Gasteiger partial charge in [0.15, 0.2) is 0 Å². The molecule has 0 aliphatic carbocycles. The van der Waals surface area contributed by atoms with Gasteiger partial charge >= 0.3 is 0 Å². The number of anilines is 1. The number of nitrogens with one attached hydrogen (secondary N) is 1. The molecule has 6 nitrogen and oxygen atoms in total. The Labute approximate surface area is 151 Å². The fourth-order valence-corrected chi connectivity index (χ4v) is 3.02. The number of carbonyl (C=O) groups is 1. The summed E-state index contributed by atoms with van der Waals surface area (Å²) in [6, 6.07) is 16.4. The van der Waals surface area contributed by atoms with Gasteiger partial charge in [0.1, 0.15) is 6.54 Å². The zero-order chi connectivity index (χ0) is 17.9. The molecule has 0 spiro atoms. The van der Waals surface area contributed by atoms with Crippen LogP contribution in [0.4, 0.5) is 5.69 Å². The van der Waals surface area contributed by atoms with Crippen LogP contribution in [0, 0.1) is 6.92 Å². The zero-order valence-corrected chi connectivity index (χ0v) is 14.5. The summed E-state index contributed by atoms with van der Waals surface area (Å²) >= 11 is 0. The maximum atomic E-state index is 12.2. The van der Waals surface area contributed by atoms with Crippen LogP contribution in [0.15, 0.2) is 67.1 Å². The van der Waals surface area contributed by atoms with Gasteiger partial charge in [0.25, 0.3) is 0 Å². The van der Waals surface area contributed by atoms with Gasteiger partial charge in [0.2, 0.25) is 5.91 Å². The van der Waals surface area contributed by atoms with E-state index in [1.807, 2.05) is 36.0 Å². The van der Waals surface area contributed by atoms with E-state index in [1.54, 1.807) is 17.1 Å². The van der Waals surface area contributed by atoms with E-state index in [4.69, 9.17) is 0 Å². The second kappa shape index (κ2) is 6.84. The molecule has 0 aliphatic heterocycles. The Kier molecular flexibility index (Phi) is 4.23.